The van der Waals surface area contributed by atoms with Gasteiger partial charge in [0.2, 0.25) is 5.91 Å². The van der Waals surface area contributed by atoms with Gasteiger partial charge in [-0.2, -0.15) is 0 Å². The molecule has 1 aliphatic rings. The Kier molecular flexibility index (Phi) is 6.96. The minimum absolute atomic E-state index is 0.0547. The van der Waals surface area contributed by atoms with E-state index in [-0.39, 0.29) is 31.9 Å². The summed E-state index contributed by atoms with van der Waals surface area (Å²) in [6.07, 6.45) is 0.414. The smallest absolute Gasteiger partial charge is 0.407 e. The van der Waals surface area contributed by atoms with Crippen LogP contribution in [-0.2, 0) is 20.9 Å². The third kappa shape index (κ3) is 5.11. The molecular weight excluding hydrogens is 436 g/mol. The average molecular weight is 463 g/mol. The molecule has 0 saturated carbocycles. The molecule has 8 heteroatoms. The normalized spacial score (nSPS) is 13.0. The minimum Gasteiger partial charge on any atom is -0.481 e. The number of furan rings is 1. The summed E-state index contributed by atoms with van der Waals surface area (Å²) in [7, 11) is 1.57. The summed E-state index contributed by atoms with van der Waals surface area (Å²) in [5.74, 6) is -1.02. The van der Waals surface area contributed by atoms with Gasteiger partial charge in [-0.15, -0.1) is 0 Å². The number of hydrogen-bond acceptors (Lipinski definition) is 5. The van der Waals surface area contributed by atoms with Crippen molar-refractivity contribution < 1.29 is 28.6 Å². The number of aliphatic carboxylic acids is 1. The number of fused-ring (bicyclic) bond motifs is 3. The van der Waals surface area contributed by atoms with Gasteiger partial charge in [-0.05, 0) is 40.8 Å². The van der Waals surface area contributed by atoms with Gasteiger partial charge in [0, 0.05) is 19.4 Å². The molecule has 1 aliphatic carbocycles. The molecular formula is C26H26N2O6. The topological polar surface area (TPSA) is 109 Å². The van der Waals surface area contributed by atoms with Crippen molar-refractivity contribution in [3.05, 3.63) is 83.8 Å². The second-order valence-corrected chi connectivity index (χ2v) is 8.23. The molecule has 0 radical (unpaired) electrons. The van der Waals surface area contributed by atoms with Gasteiger partial charge in [-0.3, -0.25) is 9.59 Å². The van der Waals surface area contributed by atoms with Gasteiger partial charge in [0.25, 0.3) is 0 Å². The fourth-order valence-corrected chi connectivity index (χ4v) is 4.29. The van der Waals surface area contributed by atoms with Gasteiger partial charge in [0.1, 0.15) is 18.4 Å². The van der Waals surface area contributed by atoms with E-state index < -0.39 is 24.0 Å². The number of carbonyl (C=O) groups excluding carboxylic acids is 2. The van der Waals surface area contributed by atoms with Crippen LogP contribution in [0.3, 0.4) is 0 Å². The number of benzene rings is 2. The molecule has 0 spiro atoms. The lowest BCUT2D eigenvalue weighted by molar-refractivity contribution is -0.138. The van der Waals surface area contributed by atoms with Crippen LogP contribution in [0.1, 0.15) is 35.6 Å². The number of alkyl carbamates (subject to hydrolysis) is 1. The number of carboxylic acid groups (broad SMARTS) is 1. The van der Waals surface area contributed by atoms with Gasteiger partial charge in [0.15, 0.2) is 0 Å². The van der Waals surface area contributed by atoms with E-state index in [0.717, 1.165) is 22.3 Å². The lowest BCUT2D eigenvalue weighted by Gasteiger charge is -2.24. The lowest BCUT2D eigenvalue weighted by atomic mass is 9.98. The van der Waals surface area contributed by atoms with Gasteiger partial charge >= 0.3 is 12.1 Å². The number of nitrogens with zero attached hydrogens (tertiary/aromatic N) is 1. The number of likely N-dealkylation sites (N-methyl/N-ethyl adjacent to an activating group) is 1. The minimum atomic E-state index is -1.05. The second-order valence-electron chi connectivity index (χ2n) is 8.23. The van der Waals surface area contributed by atoms with Crippen LogP contribution < -0.4 is 5.32 Å². The fraction of sp³-hybridized carbons (Fsp3) is 0.269. The molecule has 3 aromatic rings. The third-order valence-electron chi connectivity index (χ3n) is 5.93. The van der Waals surface area contributed by atoms with E-state index in [4.69, 9.17) is 14.3 Å². The number of carboxylic acids is 1. The summed E-state index contributed by atoms with van der Waals surface area (Å²) in [6, 6.07) is 18.4. The molecule has 2 N–H and O–H groups in total. The van der Waals surface area contributed by atoms with Crippen molar-refractivity contribution in [3.8, 4) is 11.1 Å². The number of hydrogen-bond donors (Lipinski definition) is 2. The van der Waals surface area contributed by atoms with Crippen molar-refractivity contribution in [3.63, 3.8) is 0 Å². The molecule has 2 aromatic carbocycles. The quantitative estimate of drug-likeness (QED) is 0.497. The van der Waals surface area contributed by atoms with Crippen molar-refractivity contribution in [2.45, 2.75) is 31.3 Å². The van der Waals surface area contributed by atoms with E-state index in [9.17, 15) is 14.4 Å². The van der Waals surface area contributed by atoms with Crippen molar-refractivity contribution in [2.24, 2.45) is 0 Å². The van der Waals surface area contributed by atoms with Crippen LogP contribution in [0.4, 0.5) is 4.79 Å². The number of carbonyl (C=O) groups is 3. The Morgan fingerprint density at radius 2 is 1.68 bits per heavy atom. The Labute approximate surface area is 197 Å². The summed E-state index contributed by atoms with van der Waals surface area (Å²) in [6.45, 7) is 0.295. The van der Waals surface area contributed by atoms with Crippen LogP contribution in [0.2, 0.25) is 0 Å². The maximum atomic E-state index is 12.9. The Bertz CT molecular complexity index is 1130. The summed E-state index contributed by atoms with van der Waals surface area (Å²) in [5, 5.41) is 11.6. The van der Waals surface area contributed by atoms with Crippen molar-refractivity contribution in [1.82, 2.24) is 10.2 Å². The number of amides is 2. The highest BCUT2D eigenvalue weighted by molar-refractivity contribution is 5.86. The molecule has 34 heavy (non-hydrogen) atoms. The van der Waals surface area contributed by atoms with Crippen molar-refractivity contribution in [2.75, 3.05) is 13.7 Å². The monoisotopic (exact) mass is 462 g/mol. The summed E-state index contributed by atoms with van der Waals surface area (Å²) < 4.78 is 10.8. The first kappa shape index (κ1) is 23.1. The number of ether oxygens (including phenoxy) is 1. The largest absolute Gasteiger partial charge is 0.481 e. The van der Waals surface area contributed by atoms with E-state index >= 15 is 0 Å². The Morgan fingerprint density at radius 3 is 2.26 bits per heavy atom. The number of nitrogens with one attached hydrogen (secondary N) is 1. The maximum Gasteiger partial charge on any atom is 0.407 e. The van der Waals surface area contributed by atoms with E-state index in [0.29, 0.717) is 5.76 Å². The second kappa shape index (κ2) is 10.2. The van der Waals surface area contributed by atoms with Crippen molar-refractivity contribution in [1.29, 1.82) is 0 Å². The highest BCUT2D eigenvalue weighted by atomic mass is 16.5. The molecule has 0 fully saturated rings. The average Bonchev–Trinajstić information content (AvgIpc) is 3.46. The van der Waals surface area contributed by atoms with Crippen LogP contribution in [0, 0.1) is 0 Å². The van der Waals surface area contributed by atoms with Crippen LogP contribution in [0.25, 0.3) is 11.1 Å². The highest BCUT2D eigenvalue weighted by Crippen LogP contribution is 2.44. The molecule has 0 aliphatic heterocycles. The molecule has 1 aromatic heterocycles. The third-order valence-corrected chi connectivity index (χ3v) is 5.93. The molecule has 0 bridgehead atoms. The highest BCUT2D eigenvalue weighted by Gasteiger charge is 2.30. The zero-order valence-electron chi connectivity index (χ0n) is 18.8. The van der Waals surface area contributed by atoms with Gasteiger partial charge in [-0.1, -0.05) is 48.5 Å². The van der Waals surface area contributed by atoms with E-state index in [1.807, 2.05) is 48.5 Å². The first-order valence-electron chi connectivity index (χ1n) is 11.0. The van der Waals surface area contributed by atoms with E-state index in [1.165, 1.54) is 11.2 Å². The predicted molar refractivity (Wildman–Crippen MR) is 124 cm³/mol. The molecule has 1 heterocycles. The Hall–Kier alpha value is -4.07. The summed E-state index contributed by atoms with van der Waals surface area (Å²) in [5.41, 5.74) is 4.38. The summed E-state index contributed by atoms with van der Waals surface area (Å²) in [4.78, 5) is 38.1. The molecule has 8 nitrogen and oxygen atoms in total. The molecule has 1 unspecified atom stereocenters. The van der Waals surface area contributed by atoms with Crippen LogP contribution in [0.15, 0.2) is 71.3 Å². The zero-order valence-corrected chi connectivity index (χ0v) is 18.8. The Morgan fingerprint density at radius 1 is 1.03 bits per heavy atom. The van der Waals surface area contributed by atoms with E-state index in [1.54, 1.807) is 19.2 Å². The van der Waals surface area contributed by atoms with Gasteiger partial charge < -0.3 is 24.5 Å². The standard InChI is InChI=1S/C26H26N2O6/c1-28(15-17-7-6-14-33-17)25(31)23(12-13-24(29)30)27-26(32)34-16-22-20-10-4-2-8-18(20)19-9-3-5-11-21(19)22/h2-11,14,22-23H,12-13,15-16H2,1H3,(H,27,32)(H,29,30). The fourth-order valence-electron chi connectivity index (χ4n) is 4.29. The molecule has 1 atom stereocenters. The lowest BCUT2D eigenvalue weighted by Crippen LogP contribution is -2.47. The molecule has 4 rings (SSSR count). The first-order chi connectivity index (χ1) is 16.4. The molecule has 0 saturated heterocycles. The predicted octanol–water partition coefficient (Wildman–Crippen LogP) is 4.01. The first-order valence-corrected chi connectivity index (χ1v) is 11.0. The molecule has 176 valence electrons. The van der Waals surface area contributed by atoms with Crippen LogP contribution >= 0.6 is 0 Å². The summed E-state index contributed by atoms with van der Waals surface area (Å²) >= 11 is 0. The zero-order chi connectivity index (χ0) is 24.1. The molecule has 2 amide bonds. The maximum absolute atomic E-state index is 12.9. The Balaban J connectivity index is 1.41. The SMILES string of the molecule is CN(Cc1ccco1)C(=O)C(CCC(=O)O)NC(=O)OCC1c2ccccc2-c2ccccc21. The van der Waals surface area contributed by atoms with Gasteiger partial charge in [0.05, 0.1) is 12.8 Å². The van der Waals surface area contributed by atoms with Crippen LogP contribution in [-0.4, -0.2) is 47.7 Å². The van der Waals surface area contributed by atoms with E-state index in [2.05, 4.69) is 5.32 Å². The number of rotatable bonds is 9. The van der Waals surface area contributed by atoms with Crippen LogP contribution in [0.5, 0.6) is 0 Å². The van der Waals surface area contributed by atoms with Gasteiger partial charge in [-0.25, -0.2) is 4.79 Å². The van der Waals surface area contributed by atoms with Crippen molar-refractivity contribution >= 4 is 18.0 Å².